The van der Waals surface area contributed by atoms with E-state index < -0.39 is 4.92 Å². The van der Waals surface area contributed by atoms with Crippen molar-refractivity contribution < 1.29 is 19.0 Å². The van der Waals surface area contributed by atoms with Crippen LogP contribution >= 0.6 is 0 Å². The standard InChI is InChI=1S/C17H20N4O5/c1-3-25-15-7-6-12(9-14(15)21(23)24)17(22)20-8-4-5-13(10-20)16-18-11(2)19-26-16/h6-7,9,13H,3-5,8,10H2,1-2H3/t13-/m1/s1. The Balaban J connectivity index is 1.80. The average Bonchev–Trinajstić information content (AvgIpc) is 3.08. The molecule has 3 rings (SSSR count). The summed E-state index contributed by atoms with van der Waals surface area (Å²) in [4.78, 5) is 29.5. The first-order valence-electron chi connectivity index (χ1n) is 8.50. The zero-order valence-corrected chi connectivity index (χ0v) is 14.7. The van der Waals surface area contributed by atoms with Gasteiger partial charge in [0.1, 0.15) is 0 Å². The smallest absolute Gasteiger partial charge is 0.311 e. The number of ether oxygens (including phenoxy) is 1. The molecule has 26 heavy (non-hydrogen) atoms. The fraction of sp³-hybridized carbons (Fsp3) is 0.471. The highest BCUT2D eigenvalue weighted by molar-refractivity contribution is 5.95. The van der Waals surface area contributed by atoms with E-state index in [0.717, 1.165) is 12.8 Å². The number of benzene rings is 1. The van der Waals surface area contributed by atoms with Gasteiger partial charge in [0.2, 0.25) is 5.89 Å². The number of nitrogens with zero attached hydrogens (tertiary/aromatic N) is 4. The van der Waals surface area contributed by atoms with Gasteiger partial charge >= 0.3 is 5.69 Å². The van der Waals surface area contributed by atoms with E-state index in [4.69, 9.17) is 9.26 Å². The van der Waals surface area contributed by atoms with Crippen LogP contribution in [0.4, 0.5) is 5.69 Å². The molecule has 1 aromatic heterocycles. The molecule has 0 bridgehead atoms. The molecule has 0 saturated carbocycles. The van der Waals surface area contributed by atoms with Gasteiger partial charge in [0, 0.05) is 24.7 Å². The van der Waals surface area contributed by atoms with Crippen LogP contribution in [0.15, 0.2) is 22.7 Å². The molecule has 0 radical (unpaired) electrons. The van der Waals surface area contributed by atoms with Gasteiger partial charge in [-0.1, -0.05) is 5.16 Å². The summed E-state index contributed by atoms with van der Waals surface area (Å²) in [5.41, 5.74) is 0.0568. The molecule has 1 aliphatic rings. The summed E-state index contributed by atoms with van der Waals surface area (Å²) in [6.07, 6.45) is 1.66. The van der Waals surface area contributed by atoms with Gasteiger partial charge < -0.3 is 14.2 Å². The van der Waals surface area contributed by atoms with Gasteiger partial charge in [-0.05, 0) is 38.8 Å². The quantitative estimate of drug-likeness (QED) is 0.595. The van der Waals surface area contributed by atoms with E-state index in [-0.39, 0.29) is 28.8 Å². The minimum Gasteiger partial charge on any atom is -0.487 e. The number of carbonyl (C=O) groups excluding carboxylic acids is 1. The van der Waals surface area contributed by atoms with Crippen LogP contribution in [0.5, 0.6) is 5.75 Å². The SMILES string of the molecule is CCOc1ccc(C(=O)N2CCC[C@@H](c3nc(C)no3)C2)cc1[N+](=O)[O-]. The van der Waals surface area contributed by atoms with E-state index in [1.54, 1.807) is 24.8 Å². The number of carbonyl (C=O) groups is 1. The van der Waals surface area contributed by atoms with Crippen LogP contribution in [-0.4, -0.2) is 45.6 Å². The van der Waals surface area contributed by atoms with E-state index in [1.165, 1.54) is 12.1 Å². The van der Waals surface area contributed by atoms with Crippen molar-refractivity contribution in [2.24, 2.45) is 0 Å². The van der Waals surface area contributed by atoms with Crippen molar-refractivity contribution in [2.75, 3.05) is 19.7 Å². The fourth-order valence-electron chi connectivity index (χ4n) is 3.10. The molecule has 9 heteroatoms. The minimum absolute atomic E-state index is 0.0217. The maximum Gasteiger partial charge on any atom is 0.311 e. The monoisotopic (exact) mass is 360 g/mol. The molecule has 1 amide bonds. The summed E-state index contributed by atoms with van der Waals surface area (Å²) in [6.45, 7) is 4.84. The van der Waals surface area contributed by atoms with Crippen molar-refractivity contribution in [2.45, 2.75) is 32.6 Å². The zero-order chi connectivity index (χ0) is 18.7. The van der Waals surface area contributed by atoms with Crippen molar-refractivity contribution in [1.82, 2.24) is 15.0 Å². The van der Waals surface area contributed by atoms with E-state index >= 15 is 0 Å². The molecular weight excluding hydrogens is 340 g/mol. The third-order valence-electron chi connectivity index (χ3n) is 4.30. The van der Waals surface area contributed by atoms with E-state index in [2.05, 4.69) is 10.1 Å². The van der Waals surface area contributed by atoms with Gasteiger partial charge in [-0.2, -0.15) is 4.98 Å². The minimum atomic E-state index is -0.540. The van der Waals surface area contributed by atoms with Crippen LogP contribution in [0.25, 0.3) is 0 Å². The summed E-state index contributed by atoms with van der Waals surface area (Å²) in [6, 6.07) is 4.30. The predicted molar refractivity (Wildman–Crippen MR) is 91.2 cm³/mol. The number of nitro benzene ring substituents is 1. The largest absolute Gasteiger partial charge is 0.487 e. The molecule has 2 heterocycles. The molecule has 1 aliphatic heterocycles. The lowest BCUT2D eigenvalue weighted by Crippen LogP contribution is -2.39. The average molecular weight is 360 g/mol. The lowest BCUT2D eigenvalue weighted by molar-refractivity contribution is -0.385. The second-order valence-corrected chi connectivity index (χ2v) is 6.14. The molecule has 9 nitrogen and oxygen atoms in total. The van der Waals surface area contributed by atoms with Gasteiger partial charge in [0.25, 0.3) is 5.91 Å². The van der Waals surface area contributed by atoms with Gasteiger partial charge in [-0.3, -0.25) is 14.9 Å². The lowest BCUT2D eigenvalue weighted by atomic mass is 9.97. The number of piperidine rings is 1. The third kappa shape index (κ3) is 3.66. The normalized spacial score (nSPS) is 17.2. The van der Waals surface area contributed by atoms with E-state index in [0.29, 0.717) is 31.4 Å². The predicted octanol–water partition coefficient (Wildman–Crippen LogP) is 2.70. The number of hydrogen-bond acceptors (Lipinski definition) is 7. The molecule has 1 atom stereocenters. The first-order valence-corrected chi connectivity index (χ1v) is 8.50. The highest BCUT2D eigenvalue weighted by Crippen LogP contribution is 2.30. The van der Waals surface area contributed by atoms with E-state index in [9.17, 15) is 14.9 Å². The Hall–Kier alpha value is -2.97. The van der Waals surface area contributed by atoms with Crippen molar-refractivity contribution in [3.8, 4) is 5.75 Å². The summed E-state index contributed by atoms with van der Waals surface area (Å²) in [5, 5.41) is 15.1. The van der Waals surface area contributed by atoms with Crippen LogP contribution in [0, 0.1) is 17.0 Å². The Kier molecular flexibility index (Phi) is 5.15. The number of hydrogen-bond donors (Lipinski definition) is 0. The number of aryl methyl sites for hydroxylation is 1. The van der Waals surface area contributed by atoms with Gasteiger partial charge in [-0.25, -0.2) is 0 Å². The van der Waals surface area contributed by atoms with Gasteiger partial charge in [0.15, 0.2) is 11.6 Å². The molecule has 0 aliphatic carbocycles. The van der Waals surface area contributed by atoms with Crippen molar-refractivity contribution in [1.29, 1.82) is 0 Å². The Morgan fingerprint density at radius 3 is 2.96 bits per heavy atom. The second-order valence-electron chi connectivity index (χ2n) is 6.14. The van der Waals surface area contributed by atoms with Crippen LogP contribution in [0.1, 0.15) is 47.8 Å². The Labute approximate surface area is 150 Å². The highest BCUT2D eigenvalue weighted by Gasteiger charge is 2.30. The molecule has 0 spiro atoms. The molecule has 2 aromatic rings. The highest BCUT2D eigenvalue weighted by atomic mass is 16.6. The second kappa shape index (κ2) is 7.51. The molecule has 0 unspecified atom stereocenters. The lowest BCUT2D eigenvalue weighted by Gasteiger charge is -2.31. The summed E-state index contributed by atoms with van der Waals surface area (Å²) in [7, 11) is 0. The molecule has 1 fully saturated rings. The molecule has 1 saturated heterocycles. The van der Waals surface area contributed by atoms with Crippen LogP contribution in [-0.2, 0) is 0 Å². The third-order valence-corrected chi connectivity index (χ3v) is 4.30. The Morgan fingerprint density at radius 2 is 2.31 bits per heavy atom. The van der Waals surface area contributed by atoms with Crippen molar-refractivity contribution in [3.05, 3.63) is 45.6 Å². The number of likely N-dealkylation sites (tertiary alicyclic amines) is 1. The Bertz CT molecular complexity index is 819. The van der Waals surface area contributed by atoms with Crippen molar-refractivity contribution in [3.63, 3.8) is 0 Å². The van der Waals surface area contributed by atoms with Crippen LogP contribution in [0.3, 0.4) is 0 Å². The van der Waals surface area contributed by atoms with Gasteiger partial charge in [-0.15, -0.1) is 0 Å². The maximum atomic E-state index is 12.8. The van der Waals surface area contributed by atoms with Crippen molar-refractivity contribution >= 4 is 11.6 Å². The molecular formula is C17H20N4O5. The molecule has 0 N–H and O–H groups in total. The number of amides is 1. The number of aromatic nitrogens is 2. The molecule has 1 aromatic carbocycles. The number of nitro groups is 1. The Morgan fingerprint density at radius 1 is 1.50 bits per heavy atom. The summed E-state index contributed by atoms with van der Waals surface area (Å²) >= 11 is 0. The van der Waals surface area contributed by atoms with Crippen LogP contribution < -0.4 is 4.74 Å². The zero-order valence-electron chi connectivity index (χ0n) is 14.7. The summed E-state index contributed by atoms with van der Waals surface area (Å²) in [5.74, 6) is 0.971. The topological polar surface area (TPSA) is 112 Å². The summed E-state index contributed by atoms with van der Waals surface area (Å²) < 4.78 is 10.5. The fourth-order valence-corrected chi connectivity index (χ4v) is 3.10. The maximum absolute atomic E-state index is 12.8. The first kappa shape index (κ1) is 17.8. The van der Waals surface area contributed by atoms with Crippen LogP contribution in [0.2, 0.25) is 0 Å². The van der Waals surface area contributed by atoms with Gasteiger partial charge in [0.05, 0.1) is 17.4 Å². The first-order chi connectivity index (χ1) is 12.5. The molecule has 138 valence electrons. The van der Waals surface area contributed by atoms with E-state index in [1.807, 2.05) is 0 Å². The number of rotatable bonds is 5.